The van der Waals surface area contributed by atoms with Gasteiger partial charge in [0.15, 0.2) is 0 Å². The third-order valence-corrected chi connectivity index (χ3v) is 4.85. The van der Waals surface area contributed by atoms with Crippen molar-refractivity contribution >= 4 is 15.9 Å². The molecule has 0 fully saturated rings. The molecule has 8 heteroatoms. The van der Waals surface area contributed by atoms with Crippen LogP contribution >= 0.6 is 0 Å². The number of hydroxylamine groups is 1. The van der Waals surface area contributed by atoms with Crippen molar-refractivity contribution in [1.82, 2.24) is 4.47 Å². The summed E-state index contributed by atoms with van der Waals surface area (Å²) in [6.07, 6.45) is 0. The van der Waals surface area contributed by atoms with Crippen LogP contribution in [0.2, 0.25) is 0 Å². The van der Waals surface area contributed by atoms with Gasteiger partial charge in [-0.05, 0) is 17.7 Å². The van der Waals surface area contributed by atoms with E-state index >= 15 is 0 Å². The molecule has 0 aromatic heterocycles. The van der Waals surface area contributed by atoms with Crippen molar-refractivity contribution in [3.05, 3.63) is 65.7 Å². The molecule has 2 rings (SSSR count). The van der Waals surface area contributed by atoms with Gasteiger partial charge >= 0.3 is 0 Å². The van der Waals surface area contributed by atoms with Gasteiger partial charge in [-0.3, -0.25) is 10.6 Å². The van der Waals surface area contributed by atoms with Crippen molar-refractivity contribution in [1.29, 1.82) is 5.41 Å². The molecule has 2 aromatic rings. The van der Waals surface area contributed by atoms with E-state index in [0.29, 0.717) is 5.56 Å². The van der Waals surface area contributed by atoms with E-state index in [4.69, 9.17) is 16.9 Å². The fourth-order valence-corrected chi connectivity index (χ4v) is 3.14. The van der Waals surface area contributed by atoms with Crippen molar-refractivity contribution in [3.63, 3.8) is 0 Å². The van der Waals surface area contributed by atoms with Crippen LogP contribution < -0.4 is 11.5 Å². The predicted molar refractivity (Wildman–Crippen MR) is 86.5 cm³/mol. The van der Waals surface area contributed by atoms with Gasteiger partial charge in [-0.1, -0.05) is 46.9 Å². The van der Waals surface area contributed by atoms with Crippen LogP contribution in [0.3, 0.4) is 0 Å². The topological polar surface area (TPSA) is 134 Å². The van der Waals surface area contributed by atoms with Gasteiger partial charge < -0.3 is 11.5 Å². The quantitative estimate of drug-likeness (QED) is 0.356. The van der Waals surface area contributed by atoms with Crippen molar-refractivity contribution in [2.75, 3.05) is 6.54 Å². The lowest BCUT2D eigenvalue weighted by Crippen LogP contribution is -2.34. The molecule has 23 heavy (non-hydrogen) atoms. The Morgan fingerprint density at radius 1 is 1.17 bits per heavy atom. The number of sulfonamides is 1. The number of amidine groups is 1. The lowest BCUT2D eigenvalue weighted by atomic mass is 10.1. The number of nitrogens with two attached hydrogens (primary N) is 2. The Bertz CT molecular complexity index is 793. The molecular formula is C15H18N4O3S. The summed E-state index contributed by atoms with van der Waals surface area (Å²) in [6, 6.07) is 13.7. The third-order valence-electron chi connectivity index (χ3n) is 3.30. The SMILES string of the molecule is N=C(N)c1cccc(S(=O)(=O)N(O)CC(N)c2ccccc2)c1. The fraction of sp³-hybridized carbons (Fsp3) is 0.133. The van der Waals surface area contributed by atoms with E-state index in [1.54, 1.807) is 24.3 Å². The summed E-state index contributed by atoms with van der Waals surface area (Å²) in [6.45, 7) is -0.295. The monoisotopic (exact) mass is 334 g/mol. The standard InChI is InChI=1S/C15H18N4O3S/c16-14(11-5-2-1-3-6-11)10-19(20)23(21,22)13-8-4-7-12(9-13)15(17)18/h1-9,14,20H,10,16H2,(H3,17,18). The second-order valence-electron chi connectivity index (χ2n) is 4.97. The predicted octanol–water partition coefficient (Wildman–Crippen LogP) is 1.05. The van der Waals surface area contributed by atoms with Crippen molar-refractivity contribution in [2.45, 2.75) is 10.9 Å². The Kier molecular flexibility index (Phi) is 5.12. The number of nitrogens with one attached hydrogen (secondary N) is 1. The van der Waals surface area contributed by atoms with Crippen molar-refractivity contribution in [3.8, 4) is 0 Å². The van der Waals surface area contributed by atoms with E-state index in [1.165, 1.54) is 24.3 Å². The summed E-state index contributed by atoms with van der Waals surface area (Å²) in [5.41, 5.74) is 12.2. The first-order valence-corrected chi connectivity index (χ1v) is 8.23. The molecule has 122 valence electrons. The highest BCUT2D eigenvalue weighted by Gasteiger charge is 2.25. The molecule has 1 unspecified atom stereocenters. The van der Waals surface area contributed by atoms with E-state index in [1.807, 2.05) is 6.07 Å². The highest BCUT2D eigenvalue weighted by atomic mass is 32.2. The molecule has 0 saturated heterocycles. The normalized spacial score (nSPS) is 13.0. The summed E-state index contributed by atoms with van der Waals surface area (Å²) >= 11 is 0. The van der Waals surface area contributed by atoms with E-state index in [0.717, 1.165) is 0 Å². The van der Waals surface area contributed by atoms with Crippen LogP contribution in [0.25, 0.3) is 0 Å². The molecule has 7 nitrogen and oxygen atoms in total. The van der Waals surface area contributed by atoms with Crippen LogP contribution in [0.15, 0.2) is 59.5 Å². The minimum Gasteiger partial charge on any atom is -0.384 e. The van der Waals surface area contributed by atoms with Crippen LogP contribution in [0.1, 0.15) is 17.2 Å². The van der Waals surface area contributed by atoms with Gasteiger partial charge in [0, 0.05) is 11.6 Å². The lowest BCUT2D eigenvalue weighted by Gasteiger charge is -2.20. The molecule has 0 aliphatic heterocycles. The molecule has 0 aliphatic rings. The average molecular weight is 334 g/mol. The summed E-state index contributed by atoms with van der Waals surface area (Å²) in [7, 11) is -4.14. The van der Waals surface area contributed by atoms with Crippen LogP contribution in [-0.4, -0.2) is 30.5 Å². The maximum absolute atomic E-state index is 12.4. The third kappa shape index (κ3) is 3.93. The van der Waals surface area contributed by atoms with Crippen molar-refractivity contribution in [2.24, 2.45) is 11.5 Å². The number of nitrogen functional groups attached to an aromatic ring is 1. The van der Waals surface area contributed by atoms with E-state index in [9.17, 15) is 13.6 Å². The highest BCUT2D eigenvalue weighted by Crippen LogP contribution is 2.18. The Balaban J connectivity index is 2.22. The first-order valence-electron chi connectivity index (χ1n) is 6.79. The van der Waals surface area contributed by atoms with Gasteiger partial charge in [-0.15, -0.1) is 0 Å². The highest BCUT2D eigenvalue weighted by molar-refractivity contribution is 7.89. The van der Waals surface area contributed by atoms with Crippen molar-refractivity contribution < 1.29 is 13.6 Å². The first kappa shape index (κ1) is 17.1. The van der Waals surface area contributed by atoms with E-state index in [-0.39, 0.29) is 27.3 Å². The first-order chi connectivity index (χ1) is 10.8. The van der Waals surface area contributed by atoms with Gasteiger partial charge in [-0.2, -0.15) is 0 Å². The second kappa shape index (κ2) is 6.88. The Labute approximate surface area is 134 Å². The summed E-state index contributed by atoms with van der Waals surface area (Å²) < 4.78 is 25.0. The van der Waals surface area contributed by atoms with Gasteiger partial charge in [0.1, 0.15) is 5.84 Å². The number of rotatable bonds is 6. The van der Waals surface area contributed by atoms with Gasteiger partial charge in [-0.25, -0.2) is 8.42 Å². The maximum Gasteiger partial charge on any atom is 0.264 e. The number of benzene rings is 2. The average Bonchev–Trinajstić information content (AvgIpc) is 2.55. The molecule has 6 N–H and O–H groups in total. The summed E-state index contributed by atoms with van der Waals surface area (Å²) in [4.78, 5) is -0.159. The fourth-order valence-electron chi connectivity index (χ4n) is 2.02. The number of nitrogens with zero attached hydrogens (tertiary/aromatic N) is 1. The molecule has 0 bridgehead atoms. The number of hydrogen-bond donors (Lipinski definition) is 4. The van der Waals surface area contributed by atoms with Gasteiger partial charge in [0.05, 0.1) is 11.4 Å². The van der Waals surface area contributed by atoms with Gasteiger partial charge in [0.2, 0.25) is 0 Å². The minimum atomic E-state index is -4.14. The molecule has 0 heterocycles. The molecule has 2 aromatic carbocycles. The smallest absolute Gasteiger partial charge is 0.264 e. The number of hydrogen-bond acceptors (Lipinski definition) is 5. The van der Waals surface area contributed by atoms with E-state index in [2.05, 4.69) is 0 Å². The molecule has 0 saturated carbocycles. The zero-order chi connectivity index (χ0) is 17.0. The zero-order valence-electron chi connectivity index (χ0n) is 12.3. The van der Waals surface area contributed by atoms with Crippen LogP contribution in [0.5, 0.6) is 0 Å². The maximum atomic E-state index is 12.4. The zero-order valence-corrected chi connectivity index (χ0v) is 13.1. The largest absolute Gasteiger partial charge is 0.384 e. The Morgan fingerprint density at radius 3 is 2.43 bits per heavy atom. The molecule has 0 spiro atoms. The Hall–Kier alpha value is -2.26. The van der Waals surface area contributed by atoms with Gasteiger partial charge in [0.25, 0.3) is 10.0 Å². The van der Waals surface area contributed by atoms with Crippen LogP contribution in [0, 0.1) is 5.41 Å². The summed E-state index contributed by atoms with van der Waals surface area (Å²) in [5.74, 6) is -0.257. The second-order valence-corrected chi connectivity index (χ2v) is 6.81. The van der Waals surface area contributed by atoms with Crippen LogP contribution in [0.4, 0.5) is 0 Å². The van der Waals surface area contributed by atoms with Crippen LogP contribution in [-0.2, 0) is 10.0 Å². The molecule has 0 aliphatic carbocycles. The van der Waals surface area contributed by atoms with E-state index < -0.39 is 16.1 Å². The molecule has 1 atom stereocenters. The molecule has 0 radical (unpaired) electrons. The summed E-state index contributed by atoms with van der Waals surface area (Å²) in [5, 5.41) is 17.3. The Morgan fingerprint density at radius 2 is 1.83 bits per heavy atom. The lowest BCUT2D eigenvalue weighted by molar-refractivity contribution is -0.00177. The molecular weight excluding hydrogens is 316 g/mol. The molecule has 0 amide bonds. The minimum absolute atomic E-state index is 0.159.